The molecule has 0 spiro atoms. The van der Waals surface area contributed by atoms with Crippen LogP contribution in [0.4, 0.5) is 10.5 Å². The lowest BCUT2D eigenvalue weighted by Crippen LogP contribution is -2.23. The van der Waals surface area contributed by atoms with Crippen molar-refractivity contribution in [3.05, 3.63) is 36.7 Å². The van der Waals surface area contributed by atoms with Crippen LogP contribution in [0.15, 0.2) is 36.7 Å². The maximum atomic E-state index is 11.8. The third kappa shape index (κ3) is 2.99. The van der Waals surface area contributed by atoms with Crippen LogP contribution >= 0.6 is 0 Å². The molecule has 5 nitrogen and oxygen atoms in total. The number of rotatable bonds is 3. The number of urea groups is 1. The summed E-state index contributed by atoms with van der Waals surface area (Å²) in [5, 5.41) is 13.4. The molecule has 104 valence electrons. The Balaban J connectivity index is 1.55. The lowest BCUT2D eigenvalue weighted by molar-refractivity contribution is 0.255. The van der Waals surface area contributed by atoms with E-state index < -0.39 is 0 Å². The Bertz CT molecular complexity index is 626. The summed E-state index contributed by atoms with van der Waals surface area (Å²) in [7, 11) is 0. The minimum Gasteiger partial charge on any atom is -0.315 e. The van der Waals surface area contributed by atoms with E-state index in [1.807, 2.05) is 18.2 Å². The molecule has 0 unspecified atom stereocenters. The summed E-state index contributed by atoms with van der Waals surface area (Å²) in [4.78, 5) is 11.8. The van der Waals surface area contributed by atoms with E-state index in [1.54, 1.807) is 12.4 Å². The van der Waals surface area contributed by atoms with Gasteiger partial charge >= 0.3 is 6.03 Å². The van der Waals surface area contributed by atoms with Gasteiger partial charge in [0.1, 0.15) is 0 Å². The van der Waals surface area contributed by atoms with Crippen LogP contribution in [0.3, 0.4) is 0 Å². The highest BCUT2D eigenvalue weighted by Gasteiger charge is 2.11. The van der Waals surface area contributed by atoms with Gasteiger partial charge in [0, 0.05) is 17.3 Å². The maximum absolute atomic E-state index is 11.8. The molecule has 0 aliphatic heterocycles. The highest BCUT2D eigenvalue weighted by molar-refractivity contribution is 5.92. The van der Waals surface area contributed by atoms with Crippen LogP contribution in [0.1, 0.15) is 25.7 Å². The van der Waals surface area contributed by atoms with Gasteiger partial charge in [0.15, 0.2) is 0 Å². The Morgan fingerprint density at radius 2 is 2.20 bits per heavy atom. The number of aromatic nitrogens is 2. The maximum Gasteiger partial charge on any atom is 0.323 e. The summed E-state index contributed by atoms with van der Waals surface area (Å²) in [6, 6.07) is 5.42. The molecule has 5 heteroatoms. The molecule has 1 fully saturated rings. The molecular weight excluding hydrogens is 252 g/mol. The van der Waals surface area contributed by atoms with Crippen molar-refractivity contribution in [2.24, 2.45) is 5.92 Å². The van der Waals surface area contributed by atoms with Crippen molar-refractivity contribution >= 4 is 22.6 Å². The predicted octanol–water partition coefficient (Wildman–Crippen LogP) is 3.39. The molecule has 1 saturated carbocycles. The average Bonchev–Trinajstić information content (AvgIpc) is 3.08. The van der Waals surface area contributed by atoms with Gasteiger partial charge in [-0.15, -0.1) is 0 Å². The first-order valence-corrected chi connectivity index (χ1v) is 6.98. The number of carbonyl (C=O) groups excluding carboxylic acids is 1. The molecular formula is C15H18N4O. The molecule has 3 rings (SSSR count). The Labute approximate surface area is 117 Å². The van der Waals surface area contributed by atoms with Gasteiger partial charge in [-0.3, -0.25) is 5.10 Å². The second kappa shape index (κ2) is 5.77. The zero-order valence-corrected chi connectivity index (χ0v) is 11.2. The van der Waals surface area contributed by atoms with Gasteiger partial charge in [0.05, 0.1) is 11.7 Å². The number of fused-ring (bicyclic) bond motifs is 1. The molecule has 1 heterocycles. The zero-order valence-electron chi connectivity index (χ0n) is 11.2. The number of hydrogen-bond acceptors (Lipinski definition) is 2. The predicted molar refractivity (Wildman–Crippen MR) is 79.3 cm³/mol. The Kier molecular flexibility index (Phi) is 3.67. The summed E-state index contributed by atoms with van der Waals surface area (Å²) in [6.45, 7) is 0. The minimum atomic E-state index is -0.224. The lowest BCUT2D eigenvalue weighted by atomic mass is 10.1. The fourth-order valence-electron chi connectivity index (χ4n) is 2.59. The number of H-pyrrole nitrogens is 1. The van der Waals surface area contributed by atoms with Crippen LogP contribution in [0.5, 0.6) is 0 Å². The van der Waals surface area contributed by atoms with Crippen LogP contribution in [-0.4, -0.2) is 16.2 Å². The molecule has 1 aliphatic carbocycles. The average molecular weight is 270 g/mol. The fraction of sp³-hybridized carbons (Fsp3) is 0.333. The first kappa shape index (κ1) is 12.7. The lowest BCUT2D eigenvalue weighted by Gasteiger charge is -2.05. The van der Waals surface area contributed by atoms with Crippen molar-refractivity contribution in [3.8, 4) is 0 Å². The van der Waals surface area contributed by atoms with Gasteiger partial charge in [-0.05, 0) is 37.0 Å². The normalized spacial score (nSPS) is 16.0. The van der Waals surface area contributed by atoms with E-state index in [9.17, 15) is 4.79 Å². The van der Waals surface area contributed by atoms with E-state index in [-0.39, 0.29) is 6.03 Å². The van der Waals surface area contributed by atoms with Crippen molar-refractivity contribution in [1.29, 1.82) is 0 Å². The number of nitrogens with one attached hydrogen (secondary N) is 3. The van der Waals surface area contributed by atoms with Crippen molar-refractivity contribution < 1.29 is 4.79 Å². The van der Waals surface area contributed by atoms with Crippen molar-refractivity contribution in [1.82, 2.24) is 15.5 Å². The smallest absolute Gasteiger partial charge is 0.315 e. The highest BCUT2D eigenvalue weighted by Crippen LogP contribution is 2.25. The zero-order chi connectivity index (χ0) is 13.8. The minimum absolute atomic E-state index is 0.224. The molecule has 1 aromatic carbocycles. The molecule has 0 bridgehead atoms. The number of amides is 2. The second-order valence-electron chi connectivity index (χ2n) is 5.17. The number of benzene rings is 1. The van der Waals surface area contributed by atoms with Gasteiger partial charge < -0.3 is 10.6 Å². The van der Waals surface area contributed by atoms with Crippen LogP contribution in [0, 0.1) is 5.92 Å². The molecule has 0 radical (unpaired) electrons. The Morgan fingerprint density at radius 3 is 3.05 bits per heavy atom. The molecule has 0 saturated heterocycles. The van der Waals surface area contributed by atoms with E-state index >= 15 is 0 Å². The van der Waals surface area contributed by atoms with E-state index in [4.69, 9.17) is 0 Å². The summed E-state index contributed by atoms with van der Waals surface area (Å²) in [6.07, 6.45) is 10.7. The topological polar surface area (TPSA) is 69.8 Å². The molecule has 2 aromatic rings. The first-order valence-electron chi connectivity index (χ1n) is 6.98. The Hall–Kier alpha value is -2.30. The van der Waals surface area contributed by atoms with Gasteiger partial charge in [0.25, 0.3) is 0 Å². The SMILES string of the molecule is O=C(N/C=C/C1CCCC1)Nc1ccc2cn[nH]c2c1. The van der Waals surface area contributed by atoms with Crippen molar-refractivity contribution in [2.75, 3.05) is 5.32 Å². The van der Waals surface area contributed by atoms with Crippen LogP contribution < -0.4 is 10.6 Å². The molecule has 0 atom stereocenters. The third-order valence-corrected chi connectivity index (χ3v) is 3.68. The largest absolute Gasteiger partial charge is 0.323 e. The van der Waals surface area contributed by atoms with E-state index in [2.05, 4.69) is 26.9 Å². The summed E-state index contributed by atoms with van der Waals surface area (Å²) >= 11 is 0. The second-order valence-corrected chi connectivity index (χ2v) is 5.17. The first-order chi connectivity index (χ1) is 9.81. The number of nitrogens with zero attached hydrogens (tertiary/aromatic N) is 1. The summed E-state index contributed by atoms with van der Waals surface area (Å²) in [5.41, 5.74) is 1.65. The highest BCUT2D eigenvalue weighted by atomic mass is 16.2. The molecule has 1 aliphatic rings. The number of hydrogen-bond donors (Lipinski definition) is 3. The van der Waals surface area contributed by atoms with Gasteiger partial charge in [-0.1, -0.05) is 18.9 Å². The third-order valence-electron chi connectivity index (χ3n) is 3.68. The summed E-state index contributed by atoms with van der Waals surface area (Å²) in [5.74, 6) is 0.622. The van der Waals surface area contributed by atoms with Crippen molar-refractivity contribution in [2.45, 2.75) is 25.7 Å². The number of carbonyl (C=O) groups is 1. The summed E-state index contributed by atoms with van der Waals surface area (Å²) < 4.78 is 0. The number of anilines is 1. The van der Waals surface area contributed by atoms with Crippen LogP contribution in [-0.2, 0) is 0 Å². The molecule has 2 amide bonds. The molecule has 1 aromatic heterocycles. The number of aromatic amines is 1. The van der Waals surface area contributed by atoms with E-state index in [0.29, 0.717) is 5.92 Å². The Morgan fingerprint density at radius 1 is 1.35 bits per heavy atom. The van der Waals surface area contributed by atoms with E-state index in [1.165, 1.54) is 25.7 Å². The van der Waals surface area contributed by atoms with Gasteiger partial charge in [-0.2, -0.15) is 5.10 Å². The van der Waals surface area contributed by atoms with Crippen LogP contribution in [0.2, 0.25) is 0 Å². The quantitative estimate of drug-likeness (QED) is 0.800. The van der Waals surface area contributed by atoms with Crippen molar-refractivity contribution in [3.63, 3.8) is 0 Å². The standard InChI is InChI=1S/C15H18N4O/c20-15(16-8-7-11-3-1-2-4-11)18-13-6-5-12-10-17-19-14(12)9-13/h5-11H,1-4H2,(H,17,19)(H2,16,18,20)/b8-7+. The molecule has 20 heavy (non-hydrogen) atoms. The molecule has 3 N–H and O–H groups in total. The fourth-order valence-corrected chi connectivity index (χ4v) is 2.59. The van der Waals surface area contributed by atoms with E-state index in [0.717, 1.165) is 16.6 Å². The number of allylic oxidation sites excluding steroid dienone is 1. The van der Waals surface area contributed by atoms with Gasteiger partial charge in [0.2, 0.25) is 0 Å². The van der Waals surface area contributed by atoms with Crippen LogP contribution in [0.25, 0.3) is 10.9 Å². The monoisotopic (exact) mass is 270 g/mol. The van der Waals surface area contributed by atoms with Gasteiger partial charge in [-0.25, -0.2) is 4.79 Å².